The van der Waals surface area contributed by atoms with Crippen molar-refractivity contribution in [3.63, 3.8) is 0 Å². The Hall–Kier alpha value is -4.48. The van der Waals surface area contributed by atoms with Crippen molar-refractivity contribution in [3.05, 3.63) is 126 Å². The molecule has 1 aromatic heterocycles. The van der Waals surface area contributed by atoms with E-state index in [2.05, 4.69) is 40.3 Å². The molecule has 0 bridgehead atoms. The maximum Gasteiger partial charge on any atom is 0.320 e. The molecule has 186 valence electrons. The summed E-state index contributed by atoms with van der Waals surface area (Å²) in [5.41, 5.74) is 14.3. The van der Waals surface area contributed by atoms with Crippen LogP contribution in [0.15, 0.2) is 109 Å². The minimum atomic E-state index is -0.971. The highest BCUT2D eigenvalue weighted by atomic mass is 16.4. The van der Waals surface area contributed by atoms with Crippen molar-refractivity contribution in [2.24, 2.45) is 5.73 Å². The molecule has 0 radical (unpaired) electrons. The third-order valence-corrected chi connectivity index (χ3v) is 5.98. The van der Waals surface area contributed by atoms with E-state index in [0.717, 1.165) is 45.0 Å². The van der Waals surface area contributed by atoms with Gasteiger partial charge in [-0.2, -0.15) is 0 Å². The topological polar surface area (TPSA) is 92.0 Å². The number of nitrogens with zero attached hydrogens (tertiary/aromatic N) is 1. The lowest BCUT2D eigenvalue weighted by molar-refractivity contribution is -0.138. The maximum absolute atomic E-state index is 10.8. The number of rotatable bonds is 6. The second kappa shape index (κ2) is 12.0. The van der Waals surface area contributed by atoms with Crippen molar-refractivity contribution < 1.29 is 9.90 Å². The molecule has 0 aliphatic rings. The Morgan fingerprint density at radius 3 is 1.97 bits per heavy atom. The van der Waals surface area contributed by atoms with E-state index in [9.17, 15) is 4.79 Å². The van der Waals surface area contributed by atoms with Gasteiger partial charge >= 0.3 is 5.97 Å². The number of benzene rings is 4. The minimum Gasteiger partial charge on any atom is -0.480 e. The number of nitrogens with two attached hydrogens (primary N) is 1. The fraction of sp³-hybridized carbons (Fsp3) is 0.125. The molecule has 37 heavy (non-hydrogen) atoms. The average Bonchev–Trinajstić information content (AvgIpc) is 3.32. The quantitative estimate of drug-likeness (QED) is 0.248. The van der Waals surface area contributed by atoms with Crippen LogP contribution < -0.4 is 5.73 Å². The van der Waals surface area contributed by atoms with E-state index >= 15 is 0 Å². The van der Waals surface area contributed by atoms with E-state index in [0.29, 0.717) is 6.42 Å². The van der Waals surface area contributed by atoms with Crippen LogP contribution in [0.5, 0.6) is 0 Å². The smallest absolute Gasteiger partial charge is 0.320 e. The van der Waals surface area contributed by atoms with Gasteiger partial charge in [-0.25, -0.2) is 4.98 Å². The number of aromatic amines is 1. The summed E-state index contributed by atoms with van der Waals surface area (Å²) in [5.74, 6) is -0.0336. The van der Waals surface area contributed by atoms with Crippen molar-refractivity contribution in [2.45, 2.75) is 26.3 Å². The van der Waals surface area contributed by atoms with Gasteiger partial charge in [-0.1, -0.05) is 115 Å². The Labute approximate surface area is 217 Å². The number of carbonyl (C=O) groups is 1. The molecule has 1 unspecified atom stereocenters. The summed E-state index contributed by atoms with van der Waals surface area (Å²) in [4.78, 5) is 18.7. The van der Waals surface area contributed by atoms with Crippen molar-refractivity contribution in [1.82, 2.24) is 9.97 Å². The first-order valence-electron chi connectivity index (χ1n) is 12.2. The summed E-state index contributed by atoms with van der Waals surface area (Å²) >= 11 is 0. The molecule has 0 aliphatic carbocycles. The van der Waals surface area contributed by atoms with Gasteiger partial charge in [0.1, 0.15) is 11.9 Å². The summed E-state index contributed by atoms with van der Waals surface area (Å²) in [5, 5.41) is 8.84. The average molecular weight is 490 g/mol. The lowest BCUT2D eigenvalue weighted by atomic mass is 9.99. The molecule has 0 amide bonds. The van der Waals surface area contributed by atoms with Crippen LogP contribution in [0.1, 0.15) is 17.0 Å². The third-order valence-electron chi connectivity index (χ3n) is 5.98. The molecule has 0 aliphatic heterocycles. The molecule has 5 nitrogen and oxygen atoms in total. The molecule has 4 aromatic carbocycles. The van der Waals surface area contributed by atoms with Gasteiger partial charge in [-0.15, -0.1) is 0 Å². The molecule has 0 saturated heterocycles. The molecule has 1 atom stereocenters. The lowest BCUT2D eigenvalue weighted by Crippen LogP contribution is -2.32. The molecule has 0 spiro atoms. The monoisotopic (exact) mass is 489 g/mol. The second-order valence-electron chi connectivity index (χ2n) is 9.00. The molecule has 5 heteroatoms. The predicted molar refractivity (Wildman–Crippen MR) is 150 cm³/mol. The van der Waals surface area contributed by atoms with Gasteiger partial charge in [-0.05, 0) is 37.0 Å². The minimum absolute atomic E-state index is 0.342. The third kappa shape index (κ3) is 6.81. The zero-order valence-electron chi connectivity index (χ0n) is 21.1. The van der Waals surface area contributed by atoms with Crippen molar-refractivity contribution >= 4 is 5.97 Å². The molecule has 0 fully saturated rings. The zero-order chi connectivity index (χ0) is 26.2. The number of carboxylic acids is 1. The van der Waals surface area contributed by atoms with Gasteiger partial charge in [0.25, 0.3) is 0 Å². The maximum atomic E-state index is 10.8. The van der Waals surface area contributed by atoms with E-state index < -0.39 is 12.0 Å². The van der Waals surface area contributed by atoms with E-state index in [-0.39, 0.29) is 0 Å². The van der Waals surface area contributed by atoms with Crippen LogP contribution in [0.3, 0.4) is 0 Å². The summed E-state index contributed by atoms with van der Waals surface area (Å²) < 4.78 is 0. The van der Waals surface area contributed by atoms with Crippen LogP contribution in [-0.4, -0.2) is 27.1 Å². The Morgan fingerprint density at radius 1 is 0.784 bits per heavy atom. The van der Waals surface area contributed by atoms with Crippen molar-refractivity contribution in [1.29, 1.82) is 0 Å². The number of aromatic nitrogens is 2. The van der Waals surface area contributed by atoms with Crippen molar-refractivity contribution in [2.75, 3.05) is 0 Å². The highest BCUT2D eigenvalue weighted by Gasteiger charge is 2.13. The molecular formula is C32H31N3O2. The fourth-order valence-electron chi connectivity index (χ4n) is 4.15. The second-order valence-corrected chi connectivity index (χ2v) is 9.00. The van der Waals surface area contributed by atoms with E-state index in [1.54, 1.807) is 0 Å². The first-order valence-corrected chi connectivity index (χ1v) is 12.2. The van der Waals surface area contributed by atoms with Gasteiger partial charge in [-0.3, -0.25) is 4.79 Å². The highest BCUT2D eigenvalue weighted by Crippen LogP contribution is 2.29. The molecular weight excluding hydrogens is 458 g/mol. The van der Waals surface area contributed by atoms with Crippen LogP contribution in [0.2, 0.25) is 0 Å². The van der Waals surface area contributed by atoms with Crippen LogP contribution >= 0.6 is 0 Å². The van der Waals surface area contributed by atoms with E-state index in [1.165, 1.54) is 5.56 Å². The molecule has 4 N–H and O–H groups in total. The van der Waals surface area contributed by atoms with Crippen LogP contribution in [0.25, 0.3) is 33.6 Å². The summed E-state index contributed by atoms with van der Waals surface area (Å²) in [6.45, 7) is 4.03. The fourth-order valence-corrected chi connectivity index (χ4v) is 4.15. The summed E-state index contributed by atoms with van der Waals surface area (Å²) in [7, 11) is 0. The predicted octanol–water partition coefficient (Wildman–Crippen LogP) is 6.67. The molecule has 5 aromatic rings. The van der Waals surface area contributed by atoms with Crippen molar-refractivity contribution in [3.8, 4) is 33.6 Å². The number of carboxylic acid groups (broad SMARTS) is 1. The Balaban J connectivity index is 0.000000173. The number of nitrogens with one attached hydrogen (secondary N) is 1. The molecule has 1 heterocycles. The molecule has 0 saturated carbocycles. The number of aliphatic carboxylic acids is 1. The number of H-pyrrole nitrogens is 1. The van der Waals surface area contributed by atoms with Gasteiger partial charge in [0.15, 0.2) is 0 Å². The van der Waals surface area contributed by atoms with Gasteiger partial charge in [0.05, 0.1) is 11.4 Å². The molecule has 5 rings (SSSR count). The number of hydrogen-bond donors (Lipinski definition) is 3. The SMILES string of the molecule is Cc1cccc(-c2cccc(CC(N)C(=O)O)c2)c1.Cc1nc(-c2ccccc2)c(-c2ccccc2)[nH]1. The Morgan fingerprint density at radius 2 is 1.35 bits per heavy atom. The van der Waals surface area contributed by atoms with Crippen LogP contribution in [-0.2, 0) is 11.2 Å². The first-order chi connectivity index (χ1) is 17.9. The largest absolute Gasteiger partial charge is 0.480 e. The van der Waals surface area contributed by atoms with Gasteiger partial charge in [0.2, 0.25) is 0 Å². The highest BCUT2D eigenvalue weighted by molar-refractivity contribution is 5.78. The standard InChI is InChI=1S/C16H14N2.C16H17NO2/c1-12-17-15(13-8-4-2-5-9-13)16(18-12)14-10-6-3-7-11-14;1-11-4-2-6-13(8-11)14-7-3-5-12(9-14)10-15(17)16(18)19/h2-11H,1H3,(H,17,18);2-9,15H,10,17H2,1H3,(H,18,19). The summed E-state index contributed by atoms with van der Waals surface area (Å²) in [6.07, 6.45) is 0.342. The number of hydrogen-bond acceptors (Lipinski definition) is 3. The van der Waals surface area contributed by atoms with Crippen LogP contribution in [0.4, 0.5) is 0 Å². The van der Waals surface area contributed by atoms with E-state index in [4.69, 9.17) is 10.8 Å². The van der Waals surface area contributed by atoms with Gasteiger partial charge in [0, 0.05) is 11.1 Å². The number of imidazole rings is 1. The Kier molecular flexibility index (Phi) is 8.29. The number of aryl methyl sites for hydroxylation is 2. The van der Waals surface area contributed by atoms with Gasteiger partial charge < -0.3 is 15.8 Å². The summed E-state index contributed by atoms with van der Waals surface area (Å²) in [6, 6.07) is 35.8. The lowest BCUT2D eigenvalue weighted by Gasteiger charge is -2.09. The normalized spacial score (nSPS) is 11.3. The first kappa shape index (κ1) is 25.6. The van der Waals surface area contributed by atoms with E-state index in [1.807, 2.05) is 92.7 Å². The van der Waals surface area contributed by atoms with Crippen LogP contribution in [0, 0.1) is 13.8 Å². The zero-order valence-corrected chi connectivity index (χ0v) is 21.1. The Bertz CT molecular complexity index is 1400.